The van der Waals surface area contributed by atoms with Gasteiger partial charge in [0.05, 0.1) is 5.52 Å². The molecular weight excluding hydrogens is 336 g/mol. The molecule has 3 aromatic rings. The van der Waals surface area contributed by atoms with Gasteiger partial charge in [-0.3, -0.25) is 9.36 Å². The molecule has 7 nitrogen and oxygen atoms in total. The number of aromatic nitrogens is 1. The number of anilines is 1. The van der Waals surface area contributed by atoms with Crippen LogP contribution in [0, 0.1) is 0 Å². The fourth-order valence-electron chi connectivity index (χ4n) is 2.97. The molecule has 4 rings (SSSR count). The van der Waals surface area contributed by atoms with Crippen molar-refractivity contribution in [2.24, 2.45) is 0 Å². The van der Waals surface area contributed by atoms with Gasteiger partial charge < -0.3 is 19.2 Å². The summed E-state index contributed by atoms with van der Waals surface area (Å²) in [6.07, 6.45) is 0.820. The van der Waals surface area contributed by atoms with Gasteiger partial charge in [0.1, 0.15) is 13.2 Å². The Bertz CT molecular complexity index is 1000. The minimum Gasteiger partial charge on any atom is -0.486 e. The van der Waals surface area contributed by atoms with E-state index in [1.165, 1.54) is 0 Å². The lowest BCUT2D eigenvalue weighted by molar-refractivity contribution is -0.116. The molecule has 0 saturated carbocycles. The van der Waals surface area contributed by atoms with Gasteiger partial charge >= 0.3 is 5.76 Å². The van der Waals surface area contributed by atoms with E-state index in [4.69, 9.17) is 13.9 Å². The molecule has 2 heterocycles. The lowest BCUT2D eigenvalue weighted by atomic mass is 10.2. The first-order valence-electron chi connectivity index (χ1n) is 8.48. The Kier molecular flexibility index (Phi) is 4.35. The summed E-state index contributed by atoms with van der Waals surface area (Å²) in [6.45, 7) is 1.45. The number of oxazole rings is 1. The van der Waals surface area contributed by atoms with Crippen molar-refractivity contribution in [1.82, 2.24) is 4.57 Å². The highest BCUT2D eigenvalue weighted by Crippen LogP contribution is 2.32. The lowest BCUT2D eigenvalue weighted by Gasteiger charge is -2.19. The van der Waals surface area contributed by atoms with Gasteiger partial charge in [-0.05, 0) is 30.7 Å². The highest BCUT2D eigenvalue weighted by Gasteiger charge is 2.13. The summed E-state index contributed by atoms with van der Waals surface area (Å²) in [6, 6.07) is 12.6. The summed E-state index contributed by atoms with van der Waals surface area (Å²) < 4.78 is 17.7. The molecule has 1 aliphatic heterocycles. The second-order valence-corrected chi connectivity index (χ2v) is 6.00. The number of carbonyl (C=O) groups excluding carboxylic acids is 1. The van der Waals surface area contributed by atoms with Crippen molar-refractivity contribution < 1.29 is 18.7 Å². The van der Waals surface area contributed by atoms with E-state index in [-0.39, 0.29) is 5.91 Å². The molecule has 0 fully saturated rings. The number of hydrogen-bond donors (Lipinski definition) is 1. The summed E-state index contributed by atoms with van der Waals surface area (Å²) in [5.74, 6) is 0.784. The monoisotopic (exact) mass is 354 g/mol. The van der Waals surface area contributed by atoms with Crippen molar-refractivity contribution in [2.45, 2.75) is 19.4 Å². The Hall–Kier alpha value is -3.22. The quantitative estimate of drug-likeness (QED) is 0.762. The summed E-state index contributed by atoms with van der Waals surface area (Å²) in [4.78, 5) is 24.1. The number of ether oxygens (including phenoxy) is 2. The Morgan fingerprint density at radius 3 is 2.77 bits per heavy atom. The number of aryl methyl sites for hydroxylation is 1. The van der Waals surface area contributed by atoms with Crippen LogP contribution in [0.25, 0.3) is 11.1 Å². The summed E-state index contributed by atoms with van der Waals surface area (Å²) in [5.41, 5.74) is 1.95. The van der Waals surface area contributed by atoms with Crippen LogP contribution < -0.4 is 20.5 Å². The molecule has 1 aromatic heterocycles. The third-order valence-electron chi connectivity index (χ3n) is 4.19. The van der Waals surface area contributed by atoms with Gasteiger partial charge in [-0.25, -0.2) is 4.79 Å². The van der Waals surface area contributed by atoms with E-state index in [0.717, 1.165) is 5.52 Å². The van der Waals surface area contributed by atoms with Crippen LogP contribution in [0.4, 0.5) is 5.69 Å². The molecule has 7 heteroatoms. The van der Waals surface area contributed by atoms with E-state index in [9.17, 15) is 9.59 Å². The zero-order chi connectivity index (χ0) is 17.9. The Balaban J connectivity index is 1.35. The standard InChI is InChI=1S/C19H18N2O5/c22-18(20-13-7-8-16-17(12-13)25-11-10-24-16)6-3-9-21-14-4-1-2-5-15(14)26-19(21)23/h1-2,4-5,7-8,12H,3,6,9-11H2,(H,20,22). The number of hydrogen-bond acceptors (Lipinski definition) is 5. The summed E-state index contributed by atoms with van der Waals surface area (Å²) in [7, 11) is 0. The minimum absolute atomic E-state index is 0.123. The summed E-state index contributed by atoms with van der Waals surface area (Å²) in [5, 5.41) is 2.84. The zero-order valence-electron chi connectivity index (χ0n) is 14.1. The van der Waals surface area contributed by atoms with Crippen molar-refractivity contribution in [2.75, 3.05) is 18.5 Å². The van der Waals surface area contributed by atoms with E-state index in [0.29, 0.717) is 55.4 Å². The molecule has 0 spiro atoms. The number of carbonyl (C=O) groups is 1. The molecule has 1 N–H and O–H groups in total. The zero-order valence-corrected chi connectivity index (χ0v) is 14.1. The molecule has 0 atom stereocenters. The Labute approximate surface area is 149 Å². The molecule has 0 aliphatic carbocycles. The maximum Gasteiger partial charge on any atom is 0.419 e. The number of amides is 1. The topological polar surface area (TPSA) is 82.7 Å². The van der Waals surface area contributed by atoms with E-state index in [2.05, 4.69) is 5.32 Å². The van der Waals surface area contributed by atoms with E-state index in [1.807, 2.05) is 18.2 Å². The fourth-order valence-corrected chi connectivity index (χ4v) is 2.97. The molecule has 0 saturated heterocycles. The van der Waals surface area contributed by atoms with Crippen molar-refractivity contribution in [3.63, 3.8) is 0 Å². The molecule has 0 bridgehead atoms. The molecular formula is C19H18N2O5. The number of fused-ring (bicyclic) bond motifs is 2. The van der Waals surface area contributed by atoms with Crippen LogP contribution in [0.3, 0.4) is 0 Å². The van der Waals surface area contributed by atoms with Crippen LogP contribution in [0.5, 0.6) is 11.5 Å². The fraction of sp³-hybridized carbons (Fsp3) is 0.263. The Morgan fingerprint density at radius 1 is 1.08 bits per heavy atom. The highest BCUT2D eigenvalue weighted by atomic mass is 16.6. The van der Waals surface area contributed by atoms with Gasteiger partial charge in [-0.1, -0.05) is 12.1 Å². The van der Waals surface area contributed by atoms with Crippen LogP contribution in [0.1, 0.15) is 12.8 Å². The van der Waals surface area contributed by atoms with Crippen LogP contribution in [-0.4, -0.2) is 23.7 Å². The first kappa shape index (κ1) is 16.3. The van der Waals surface area contributed by atoms with Crippen molar-refractivity contribution in [3.05, 3.63) is 53.0 Å². The molecule has 26 heavy (non-hydrogen) atoms. The number of rotatable bonds is 5. The summed E-state index contributed by atoms with van der Waals surface area (Å²) >= 11 is 0. The van der Waals surface area contributed by atoms with Gasteiger partial charge in [0, 0.05) is 24.7 Å². The van der Waals surface area contributed by atoms with Crippen molar-refractivity contribution in [1.29, 1.82) is 0 Å². The third-order valence-corrected chi connectivity index (χ3v) is 4.19. The SMILES string of the molecule is O=C(CCCn1c(=O)oc2ccccc21)Nc1ccc2c(c1)OCCO2. The van der Waals surface area contributed by atoms with Crippen molar-refractivity contribution in [3.8, 4) is 11.5 Å². The Morgan fingerprint density at radius 2 is 1.88 bits per heavy atom. The van der Waals surface area contributed by atoms with E-state index < -0.39 is 5.76 Å². The molecule has 1 amide bonds. The van der Waals surface area contributed by atoms with E-state index in [1.54, 1.807) is 28.8 Å². The predicted molar refractivity (Wildman–Crippen MR) is 95.8 cm³/mol. The maximum atomic E-state index is 12.2. The van der Waals surface area contributed by atoms with Gasteiger partial charge in [0.25, 0.3) is 0 Å². The molecule has 134 valence electrons. The van der Waals surface area contributed by atoms with Gasteiger partial charge in [-0.2, -0.15) is 0 Å². The number of nitrogens with zero attached hydrogens (tertiary/aromatic N) is 1. The average Bonchev–Trinajstić information content (AvgIpc) is 2.97. The predicted octanol–water partition coefficient (Wildman–Crippen LogP) is 2.78. The molecule has 0 unspecified atom stereocenters. The largest absolute Gasteiger partial charge is 0.486 e. The first-order valence-corrected chi connectivity index (χ1v) is 8.48. The lowest BCUT2D eigenvalue weighted by Crippen LogP contribution is -2.18. The minimum atomic E-state index is -0.404. The first-order chi connectivity index (χ1) is 12.7. The molecule has 1 aliphatic rings. The number of para-hydroxylation sites is 2. The highest BCUT2D eigenvalue weighted by molar-refractivity contribution is 5.91. The van der Waals surface area contributed by atoms with Crippen LogP contribution in [0.2, 0.25) is 0 Å². The third kappa shape index (κ3) is 3.28. The number of nitrogens with one attached hydrogen (secondary N) is 1. The average molecular weight is 354 g/mol. The number of benzene rings is 2. The van der Waals surface area contributed by atoms with Gasteiger partial charge in [0.15, 0.2) is 17.1 Å². The second-order valence-electron chi connectivity index (χ2n) is 6.00. The normalized spacial score (nSPS) is 12.9. The van der Waals surface area contributed by atoms with Crippen molar-refractivity contribution >= 4 is 22.7 Å². The molecule has 2 aromatic carbocycles. The van der Waals surface area contributed by atoms with Gasteiger partial charge in [0.2, 0.25) is 5.91 Å². The van der Waals surface area contributed by atoms with E-state index >= 15 is 0 Å². The maximum absolute atomic E-state index is 12.2. The van der Waals surface area contributed by atoms with Crippen LogP contribution >= 0.6 is 0 Å². The van der Waals surface area contributed by atoms with Crippen LogP contribution in [-0.2, 0) is 11.3 Å². The smallest absolute Gasteiger partial charge is 0.419 e. The van der Waals surface area contributed by atoms with Crippen LogP contribution in [0.15, 0.2) is 51.7 Å². The molecule has 0 radical (unpaired) electrons. The second kappa shape index (κ2) is 6.95. The van der Waals surface area contributed by atoms with Gasteiger partial charge in [-0.15, -0.1) is 0 Å².